The van der Waals surface area contributed by atoms with Crippen molar-refractivity contribution in [3.05, 3.63) is 36.5 Å². The molecule has 73 heavy (non-hydrogen) atoms. The van der Waals surface area contributed by atoms with Crippen LogP contribution in [-0.4, -0.2) is 57.3 Å². The van der Waals surface area contributed by atoms with Gasteiger partial charge in [0, 0.05) is 0 Å². The van der Waals surface area contributed by atoms with E-state index in [9.17, 15) is 25.2 Å². The predicted molar refractivity (Wildman–Crippen MR) is 321 cm³/mol. The quantitative estimate of drug-likeness (QED) is 0.0308. The summed E-state index contributed by atoms with van der Waals surface area (Å²) in [5.41, 5.74) is 0. The molecular formula is C67H129NO5. The van der Waals surface area contributed by atoms with Crippen LogP contribution in [0.2, 0.25) is 0 Å². The smallest absolute Gasteiger partial charge is 0.249 e. The number of carbonyl (C=O) groups is 1. The minimum atomic E-state index is -1.28. The van der Waals surface area contributed by atoms with Crippen LogP contribution in [0.3, 0.4) is 0 Å². The lowest BCUT2D eigenvalue weighted by Gasteiger charge is -2.27. The maximum Gasteiger partial charge on any atom is 0.249 e. The fraction of sp³-hybridized carbons (Fsp3) is 0.896. The van der Waals surface area contributed by atoms with Gasteiger partial charge in [0.1, 0.15) is 12.2 Å². The Kier molecular flexibility index (Phi) is 60.1. The van der Waals surface area contributed by atoms with Gasteiger partial charge < -0.3 is 25.7 Å². The molecule has 0 radical (unpaired) electrons. The van der Waals surface area contributed by atoms with Gasteiger partial charge in [-0.3, -0.25) is 4.79 Å². The van der Waals surface area contributed by atoms with Gasteiger partial charge in [-0.15, -0.1) is 0 Å². The average molecular weight is 1030 g/mol. The summed E-state index contributed by atoms with van der Waals surface area (Å²) < 4.78 is 0. The highest BCUT2D eigenvalue weighted by Crippen LogP contribution is 2.18. The third kappa shape index (κ3) is 55.1. The summed E-state index contributed by atoms with van der Waals surface area (Å²) in [4.78, 5) is 12.6. The van der Waals surface area contributed by atoms with Crippen LogP contribution in [0.25, 0.3) is 0 Å². The van der Waals surface area contributed by atoms with E-state index in [1.807, 2.05) is 0 Å². The Morgan fingerprint density at radius 1 is 0.342 bits per heavy atom. The molecule has 0 aliphatic rings. The van der Waals surface area contributed by atoms with Crippen LogP contribution >= 0.6 is 0 Å². The summed E-state index contributed by atoms with van der Waals surface area (Å²) in [5, 5.41) is 44.1. The van der Waals surface area contributed by atoms with Crippen LogP contribution in [0.5, 0.6) is 0 Å². The predicted octanol–water partition coefficient (Wildman–Crippen LogP) is 19.9. The SMILES string of the molecule is CCCCCCCCCCCCC/C=C\C/C=C\CCCCCCCCCCCCCCCCCCC(O)C(=O)NC(CO)C(O)C(O)CCC/C=C/CCCCCCCCCCCCCCCCCCCC. The van der Waals surface area contributed by atoms with Crippen molar-refractivity contribution >= 4 is 5.91 Å². The summed E-state index contributed by atoms with van der Waals surface area (Å²) in [7, 11) is 0. The van der Waals surface area contributed by atoms with E-state index in [2.05, 4.69) is 55.6 Å². The maximum atomic E-state index is 12.6. The second-order valence-corrected chi connectivity index (χ2v) is 22.8. The number of aliphatic hydroxyl groups is 4. The molecule has 0 aromatic heterocycles. The first-order valence-electron chi connectivity index (χ1n) is 32.9. The lowest BCUT2D eigenvalue weighted by molar-refractivity contribution is -0.132. The number of hydrogen-bond acceptors (Lipinski definition) is 5. The van der Waals surface area contributed by atoms with Crippen LogP contribution in [0.1, 0.15) is 354 Å². The second-order valence-electron chi connectivity index (χ2n) is 22.8. The molecule has 432 valence electrons. The summed E-state index contributed by atoms with van der Waals surface area (Å²) in [5.74, 6) is -0.588. The Morgan fingerprint density at radius 3 is 0.904 bits per heavy atom. The lowest BCUT2D eigenvalue weighted by Crippen LogP contribution is -2.53. The molecule has 0 aliphatic heterocycles. The van der Waals surface area contributed by atoms with E-state index in [-0.39, 0.29) is 0 Å². The number of aliphatic hydroxyl groups excluding tert-OH is 4. The van der Waals surface area contributed by atoms with Crippen molar-refractivity contribution in [3.8, 4) is 0 Å². The molecule has 1 amide bonds. The molecule has 0 rings (SSSR count). The zero-order valence-corrected chi connectivity index (χ0v) is 49.2. The molecule has 0 aliphatic carbocycles. The Morgan fingerprint density at radius 2 is 0.603 bits per heavy atom. The normalized spacial score (nSPS) is 13.8. The van der Waals surface area contributed by atoms with Gasteiger partial charge in [0.25, 0.3) is 0 Å². The summed E-state index contributed by atoms with van der Waals surface area (Å²) in [6.07, 6.45) is 78.3. The van der Waals surface area contributed by atoms with Crippen LogP contribution in [0.4, 0.5) is 0 Å². The third-order valence-corrected chi connectivity index (χ3v) is 15.6. The Balaban J connectivity index is 3.58. The number of amides is 1. The number of allylic oxidation sites excluding steroid dienone is 6. The minimum Gasteiger partial charge on any atom is -0.394 e. The average Bonchev–Trinajstić information content (AvgIpc) is 3.40. The maximum absolute atomic E-state index is 12.6. The van der Waals surface area contributed by atoms with E-state index in [0.29, 0.717) is 12.8 Å². The molecule has 0 heterocycles. The van der Waals surface area contributed by atoms with Crippen LogP contribution in [0.15, 0.2) is 36.5 Å². The molecule has 0 aromatic rings. The van der Waals surface area contributed by atoms with Gasteiger partial charge in [0.2, 0.25) is 5.91 Å². The van der Waals surface area contributed by atoms with Crippen molar-refractivity contribution < 1.29 is 25.2 Å². The summed E-state index contributed by atoms with van der Waals surface area (Å²) in [6, 6.07) is -1.00. The lowest BCUT2D eigenvalue weighted by atomic mass is 10.00. The van der Waals surface area contributed by atoms with Gasteiger partial charge in [0.15, 0.2) is 0 Å². The molecule has 5 N–H and O–H groups in total. The molecule has 0 aromatic carbocycles. The molecule has 0 saturated heterocycles. The van der Waals surface area contributed by atoms with Crippen LogP contribution in [0, 0.1) is 0 Å². The first-order valence-corrected chi connectivity index (χ1v) is 32.9. The zero-order valence-electron chi connectivity index (χ0n) is 49.2. The van der Waals surface area contributed by atoms with Gasteiger partial charge in [-0.25, -0.2) is 0 Å². The van der Waals surface area contributed by atoms with Crippen molar-refractivity contribution in [2.45, 2.75) is 379 Å². The minimum absolute atomic E-state index is 0.365. The molecule has 0 saturated carbocycles. The van der Waals surface area contributed by atoms with E-state index < -0.39 is 36.9 Å². The monoisotopic (exact) mass is 1030 g/mol. The van der Waals surface area contributed by atoms with Gasteiger partial charge in [-0.05, 0) is 70.6 Å². The standard InChI is InChI=1S/C67H129NO5/c1-3-5-7-9-11-13-15-17-19-21-23-25-27-28-29-30-31-32-33-34-35-36-37-39-41-43-45-47-49-51-53-55-57-59-61-65(71)67(73)68-63(62-69)66(72)64(70)60-58-56-54-52-50-48-46-44-42-40-38-26-24-22-20-18-16-14-12-10-8-6-4-2/h27-28,30-31,52,54,63-66,69-72H,3-26,29,32-51,53,55-62H2,1-2H3,(H,68,73)/b28-27-,31-30-,54-52+. The topological polar surface area (TPSA) is 110 Å². The van der Waals surface area contributed by atoms with Gasteiger partial charge >= 0.3 is 0 Å². The zero-order chi connectivity index (χ0) is 53.0. The molecule has 6 nitrogen and oxygen atoms in total. The Hall–Kier alpha value is -1.47. The molecule has 0 bridgehead atoms. The molecule has 0 fully saturated rings. The van der Waals surface area contributed by atoms with E-state index in [4.69, 9.17) is 0 Å². The van der Waals surface area contributed by atoms with Crippen molar-refractivity contribution in [3.63, 3.8) is 0 Å². The van der Waals surface area contributed by atoms with Crippen molar-refractivity contribution in [2.75, 3.05) is 6.61 Å². The Bertz CT molecular complexity index is 1150. The number of rotatable bonds is 61. The highest BCUT2D eigenvalue weighted by atomic mass is 16.3. The third-order valence-electron chi connectivity index (χ3n) is 15.6. The van der Waals surface area contributed by atoms with Crippen molar-refractivity contribution in [1.29, 1.82) is 0 Å². The number of unbranched alkanes of at least 4 members (excludes halogenated alkanes) is 46. The van der Waals surface area contributed by atoms with E-state index in [0.717, 1.165) is 44.9 Å². The highest BCUT2D eigenvalue weighted by Gasteiger charge is 2.28. The van der Waals surface area contributed by atoms with E-state index in [1.54, 1.807) is 0 Å². The van der Waals surface area contributed by atoms with Gasteiger partial charge in [-0.1, -0.05) is 320 Å². The number of nitrogens with one attached hydrogen (secondary N) is 1. The highest BCUT2D eigenvalue weighted by molar-refractivity contribution is 5.80. The first kappa shape index (κ1) is 71.5. The fourth-order valence-electron chi connectivity index (χ4n) is 10.4. The fourth-order valence-corrected chi connectivity index (χ4v) is 10.4. The number of carbonyl (C=O) groups excluding carboxylic acids is 1. The summed E-state index contributed by atoms with van der Waals surface area (Å²) in [6.45, 7) is 4.09. The van der Waals surface area contributed by atoms with Crippen molar-refractivity contribution in [1.82, 2.24) is 5.32 Å². The van der Waals surface area contributed by atoms with Gasteiger partial charge in [-0.2, -0.15) is 0 Å². The van der Waals surface area contributed by atoms with E-state index >= 15 is 0 Å². The number of hydrogen-bond donors (Lipinski definition) is 5. The molecule has 0 spiro atoms. The second kappa shape index (κ2) is 61.4. The molecule has 6 heteroatoms. The van der Waals surface area contributed by atoms with Gasteiger partial charge in [0.05, 0.1) is 18.8 Å². The first-order chi connectivity index (χ1) is 36.0. The Labute approximate surface area is 456 Å². The van der Waals surface area contributed by atoms with Crippen molar-refractivity contribution in [2.24, 2.45) is 0 Å². The largest absolute Gasteiger partial charge is 0.394 e. The summed E-state index contributed by atoms with van der Waals surface area (Å²) >= 11 is 0. The molecule has 4 atom stereocenters. The molecule has 4 unspecified atom stereocenters. The van der Waals surface area contributed by atoms with Crippen LogP contribution in [-0.2, 0) is 4.79 Å². The van der Waals surface area contributed by atoms with E-state index in [1.165, 1.54) is 283 Å². The molecular weight excluding hydrogens is 899 g/mol. The van der Waals surface area contributed by atoms with Crippen LogP contribution < -0.4 is 5.32 Å².